The third kappa shape index (κ3) is 7.44. The zero-order valence-corrected chi connectivity index (χ0v) is 39.8. The smallest absolute Gasteiger partial charge is 0.0541 e. The van der Waals surface area contributed by atoms with Crippen molar-refractivity contribution in [2.75, 3.05) is 4.90 Å². The molecule has 2 heteroatoms. The molecule has 0 aliphatic heterocycles. The van der Waals surface area contributed by atoms with Gasteiger partial charge in [-0.25, -0.2) is 0 Å². The van der Waals surface area contributed by atoms with Gasteiger partial charge in [0.25, 0.3) is 0 Å². The summed E-state index contributed by atoms with van der Waals surface area (Å²) in [5, 5.41) is 2.52. The van der Waals surface area contributed by atoms with Crippen LogP contribution in [0, 0.1) is 0 Å². The summed E-state index contributed by atoms with van der Waals surface area (Å²) in [6.07, 6.45) is 0. The number of rotatable bonds is 9. The first-order valence-electron chi connectivity index (χ1n) is 24.7. The molecule has 0 amide bonds. The van der Waals surface area contributed by atoms with E-state index in [-0.39, 0.29) is 5.41 Å². The number of aromatic nitrogens is 1. The first kappa shape index (κ1) is 42.1. The molecule has 1 heterocycles. The molecule has 0 bridgehead atoms. The number of hydrogen-bond acceptors (Lipinski definition) is 1. The SMILES string of the molecule is CC1(C)c2cc(-c3ccc4c(c3)c3ccccc3n4-c3ccccc3)ccc2-c2ccc(N(c3ccc(-c4ccccc4)cc3)c3ccc(-c4cc(-c5ccccc5)cc(-c5ccccc5)c4)cc3)cc21. The van der Waals surface area contributed by atoms with Gasteiger partial charge in [-0.15, -0.1) is 0 Å². The fourth-order valence-electron chi connectivity index (χ4n) is 11.1. The van der Waals surface area contributed by atoms with E-state index in [1.807, 2.05) is 0 Å². The van der Waals surface area contributed by atoms with Crippen LogP contribution in [0.15, 0.2) is 267 Å². The van der Waals surface area contributed by atoms with Crippen molar-refractivity contribution in [1.29, 1.82) is 0 Å². The first-order chi connectivity index (χ1) is 34.9. The van der Waals surface area contributed by atoms with E-state index in [9.17, 15) is 0 Å². The third-order valence-corrected chi connectivity index (χ3v) is 14.8. The predicted octanol–water partition coefficient (Wildman–Crippen LogP) is 18.9. The van der Waals surface area contributed by atoms with Gasteiger partial charge in [0.2, 0.25) is 0 Å². The first-order valence-corrected chi connectivity index (χ1v) is 24.7. The maximum Gasteiger partial charge on any atom is 0.0541 e. The Balaban J connectivity index is 0.883. The molecule has 1 aromatic heterocycles. The van der Waals surface area contributed by atoms with Crippen molar-refractivity contribution in [2.45, 2.75) is 19.3 Å². The van der Waals surface area contributed by atoms with Gasteiger partial charge in [-0.1, -0.05) is 190 Å². The monoisotopic (exact) mass is 906 g/mol. The summed E-state index contributed by atoms with van der Waals surface area (Å²) >= 11 is 0. The summed E-state index contributed by atoms with van der Waals surface area (Å²) in [7, 11) is 0. The summed E-state index contributed by atoms with van der Waals surface area (Å²) < 4.78 is 2.39. The molecule has 336 valence electrons. The van der Waals surface area contributed by atoms with Crippen LogP contribution in [-0.2, 0) is 5.41 Å². The van der Waals surface area contributed by atoms with E-state index >= 15 is 0 Å². The maximum atomic E-state index is 2.45. The van der Waals surface area contributed by atoms with E-state index in [1.54, 1.807) is 0 Å². The molecule has 12 aromatic rings. The summed E-state index contributed by atoms with van der Waals surface area (Å²) in [5.41, 5.74) is 24.0. The quantitative estimate of drug-likeness (QED) is 0.140. The van der Waals surface area contributed by atoms with Gasteiger partial charge in [0, 0.05) is 38.9 Å². The molecule has 0 spiro atoms. The fraction of sp³-hybridized carbons (Fsp3) is 0.0435. The van der Waals surface area contributed by atoms with Crippen molar-refractivity contribution < 1.29 is 0 Å². The van der Waals surface area contributed by atoms with E-state index < -0.39 is 0 Å². The lowest BCUT2D eigenvalue weighted by Crippen LogP contribution is -2.16. The van der Waals surface area contributed by atoms with Gasteiger partial charge >= 0.3 is 0 Å². The van der Waals surface area contributed by atoms with Crippen molar-refractivity contribution in [3.63, 3.8) is 0 Å². The van der Waals surface area contributed by atoms with Crippen LogP contribution in [0.1, 0.15) is 25.0 Å². The molecule has 0 radical (unpaired) electrons. The van der Waals surface area contributed by atoms with Gasteiger partial charge in [0.05, 0.1) is 11.0 Å². The minimum absolute atomic E-state index is 0.239. The molecular formula is C69H50N2. The van der Waals surface area contributed by atoms with Gasteiger partial charge in [-0.05, 0) is 169 Å². The molecule has 1 aliphatic rings. The minimum atomic E-state index is -0.239. The Hall–Kier alpha value is -8.98. The Kier molecular flexibility index (Phi) is 10.2. The van der Waals surface area contributed by atoms with Crippen LogP contribution >= 0.6 is 0 Å². The largest absolute Gasteiger partial charge is 0.310 e. The van der Waals surface area contributed by atoms with E-state index in [0.29, 0.717) is 0 Å². The topological polar surface area (TPSA) is 8.17 Å². The number of anilines is 3. The molecule has 13 rings (SSSR count). The molecule has 0 N–H and O–H groups in total. The van der Waals surface area contributed by atoms with Crippen molar-refractivity contribution in [2.24, 2.45) is 0 Å². The fourth-order valence-corrected chi connectivity index (χ4v) is 11.1. The maximum absolute atomic E-state index is 2.45. The van der Waals surface area contributed by atoms with E-state index in [0.717, 1.165) is 17.1 Å². The highest BCUT2D eigenvalue weighted by Crippen LogP contribution is 2.52. The number of para-hydroxylation sites is 2. The minimum Gasteiger partial charge on any atom is -0.310 e. The Bertz CT molecular complexity index is 3850. The average Bonchev–Trinajstić information content (AvgIpc) is 3.89. The molecule has 2 nitrogen and oxygen atoms in total. The normalized spacial score (nSPS) is 12.5. The van der Waals surface area contributed by atoms with Crippen molar-refractivity contribution in [1.82, 2.24) is 4.57 Å². The van der Waals surface area contributed by atoms with Crippen LogP contribution in [0.25, 0.3) is 94.3 Å². The lowest BCUT2D eigenvalue weighted by atomic mass is 9.81. The highest BCUT2D eigenvalue weighted by Gasteiger charge is 2.36. The molecule has 1 aliphatic carbocycles. The summed E-state index contributed by atoms with van der Waals surface area (Å²) in [6.45, 7) is 4.78. The standard InChI is InChI=1S/C69H50N2/c1-69(2)65-45-53(52-32-40-68-64(44-52)63-25-15-16-26-67(63)71(68)57-23-13-6-14-24-57)31-38-61(65)62-39-37-60(46-66(62)69)70(58-33-27-50(28-34-58)47-17-7-3-8-18-47)59-35-29-51(30-36-59)56-42-54(48-19-9-4-10-20-48)41-55(43-56)49-21-11-5-12-22-49/h3-46H,1-2H3. The zero-order valence-electron chi connectivity index (χ0n) is 39.8. The molecule has 11 aromatic carbocycles. The van der Waals surface area contributed by atoms with E-state index in [2.05, 4.69) is 290 Å². The van der Waals surface area contributed by atoms with Crippen LogP contribution < -0.4 is 4.90 Å². The Morgan fingerprint density at radius 2 is 0.676 bits per heavy atom. The highest BCUT2D eigenvalue weighted by molar-refractivity contribution is 6.10. The van der Waals surface area contributed by atoms with Crippen molar-refractivity contribution in [3.05, 3.63) is 278 Å². The second kappa shape index (κ2) is 17.2. The van der Waals surface area contributed by atoms with E-state index in [4.69, 9.17) is 0 Å². The number of nitrogens with zero attached hydrogens (tertiary/aromatic N) is 2. The Morgan fingerprint density at radius 3 is 1.25 bits per heavy atom. The van der Waals surface area contributed by atoms with Gasteiger partial charge in [0.15, 0.2) is 0 Å². The lowest BCUT2D eigenvalue weighted by Gasteiger charge is -2.28. The number of fused-ring (bicyclic) bond motifs is 6. The summed E-state index contributed by atoms with van der Waals surface area (Å²) in [5.74, 6) is 0. The van der Waals surface area contributed by atoms with Crippen molar-refractivity contribution >= 4 is 38.9 Å². The van der Waals surface area contributed by atoms with Crippen LogP contribution in [0.5, 0.6) is 0 Å². The molecule has 0 unspecified atom stereocenters. The Labute approximate surface area is 416 Å². The van der Waals surface area contributed by atoms with Crippen LogP contribution in [0.2, 0.25) is 0 Å². The lowest BCUT2D eigenvalue weighted by molar-refractivity contribution is 0.660. The third-order valence-electron chi connectivity index (χ3n) is 14.8. The summed E-state index contributed by atoms with van der Waals surface area (Å²) in [6, 6.07) is 97.8. The second-order valence-electron chi connectivity index (χ2n) is 19.4. The van der Waals surface area contributed by atoms with Gasteiger partial charge < -0.3 is 9.47 Å². The van der Waals surface area contributed by atoms with Gasteiger partial charge in [-0.2, -0.15) is 0 Å². The Morgan fingerprint density at radius 1 is 0.282 bits per heavy atom. The van der Waals surface area contributed by atoms with Gasteiger partial charge in [0.1, 0.15) is 0 Å². The van der Waals surface area contributed by atoms with Gasteiger partial charge in [-0.3, -0.25) is 0 Å². The zero-order chi connectivity index (χ0) is 47.5. The van der Waals surface area contributed by atoms with Crippen LogP contribution in [0.4, 0.5) is 17.1 Å². The van der Waals surface area contributed by atoms with Crippen LogP contribution in [-0.4, -0.2) is 4.57 Å². The molecule has 0 saturated carbocycles. The van der Waals surface area contributed by atoms with E-state index in [1.165, 1.54) is 105 Å². The molecular weight excluding hydrogens is 857 g/mol. The number of hydrogen-bond donors (Lipinski definition) is 0. The van der Waals surface area contributed by atoms with Crippen LogP contribution in [0.3, 0.4) is 0 Å². The van der Waals surface area contributed by atoms with Crippen molar-refractivity contribution in [3.8, 4) is 72.4 Å². The summed E-state index contributed by atoms with van der Waals surface area (Å²) in [4.78, 5) is 2.42. The number of benzene rings is 11. The second-order valence-corrected chi connectivity index (χ2v) is 19.4. The molecule has 0 saturated heterocycles. The molecule has 0 atom stereocenters. The molecule has 71 heavy (non-hydrogen) atoms. The molecule has 0 fully saturated rings. The highest BCUT2D eigenvalue weighted by atomic mass is 15.1. The average molecular weight is 907 g/mol. The predicted molar refractivity (Wildman–Crippen MR) is 300 cm³/mol.